The van der Waals surface area contributed by atoms with Crippen LogP contribution >= 0.6 is 11.3 Å². The molecule has 4 aromatic rings. The lowest BCUT2D eigenvalue weighted by atomic mass is 10.2. The fraction of sp³-hybridized carbons (Fsp3) is 0.259. The number of thiazole rings is 1. The number of piperazine rings is 1. The smallest absolute Gasteiger partial charge is 0.251 e. The summed E-state index contributed by atoms with van der Waals surface area (Å²) in [6.07, 6.45) is 0. The lowest BCUT2D eigenvalue weighted by Crippen LogP contribution is -2.48. The lowest BCUT2D eigenvalue weighted by molar-refractivity contribution is 0.0948. The molecule has 0 aliphatic carbocycles. The summed E-state index contributed by atoms with van der Waals surface area (Å²) in [6.45, 7) is 7.43. The molecule has 34 heavy (non-hydrogen) atoms. The van der Waals surface area contributed by atoms with Crippen molar-refractivity contribution < 1.29 is 9.53 Å². The van der Waals surface area contributed by atoms with Gasteiger partial charge in [0.25, 0.3) is 5.91 Å². The first kappa shape index (κ1) is 22.4. The third-order valence-corrected chi connectivity index (χ3v) is 7.14. The molecule has 5 rings (SSSR count). The fourth-order valence-corrected chi connectivity index (χ4v) is 5.20. The zero-order chi connectivity index (χ0) is 23.3. The van der Waals surface area contributed by atoms with Gasteiger partial charge in [-0.3, -0.25) is 9.69 Å². The summed E-state index contributed by atoms with van der Waals surface area (Å²) in [5.41, 5.74) is 2.98. The molecule has 0 spiro atoms. The number of nitrogens with zero attached hydrogens (tertiary/aromatic N) is 3. The Kier molecular flexibility index (Phi) is 6.74. The minimum Gasteiger partial charge on any atom is -0.457 e. The highest BCUT2D eigenvalue weighted by molar-refractivity contribution is 7.22. The molecule has 2 heterocycles. The summed E-state index contributed by atoms with van der Waals surface area (Å²) < 4.78 is 7.04. The lowest BCUT2D eigenvalue weighted by Gasteiger charge is -2.34. The van der Waals surface area contributed by atoms with Gasteiger partial charge >= 0.3 is 0 Å². The van der Waals surface area contributed by atoms with Crippen LogP contribution in [0.2, 0.25) is 0 Å². The number of amides is 1. The van der Waals surface area contributed by atoms with E-state index in [2.05, 4.69) is 40.2 Å². The predicted molar refractivity (Wildman–Crippen MR) is 138 cm³/mol. The summed E-state index contributed by atoms with van der Waals surface area (Å²) in [6, 6.07) is 23.2. The molecule has 1 aliphatic rings. The molecule has 174 valence electrons. The van der Waals surface area contributed by atoms with Crippen LogP contribution in [0, 0.1) is 6.92 Å². The van der Waals surface area contributed by atoms with Crippen LogP contribution in [0.4, 0.5) is 5.13 Å². The van der Waals surface area contributed by atoms with Crippen LogP contribution in [0.1, 0.15) is 15.9 Å². The Labute approximate surface area is 203 Å². The van der Waals surface area contributed by atoms with E-state index >= 15 is 0 Å². The van der Waals surface area contributed by atoms with Crippen LogP contribution in [0.15, 0.2) is 72.8 Å². The number of anilines is 1. The number of carbonyl (C=O) groups excluding carboxylic acids is 1. The van der Waals surface area contributed by atoms with Crippen molar-refractivity contribution >= 4 is 32.6 Å². The Morgan fingerprint density at radius 1 is 0.941 bits per heavy atom. The summed E-state index contributed by atoms with van der Waals surface area (Å²) in [7, 11) is 0. The maximum Gasteiger partial charge on any atom is 0.251 e. The molecular formula is C27H28N4O2S. The number of aryl methyl sites for hydroxylation is 1. The second kappa shape index (κ2) is 10.2. The topological polar surface area (TPSA) is 57.7 Å². The number of hydrogen-bond donors (Lipinski definition) is 1. The number of carbonyl (C=O) groups is 1. The zero-order valence-corrected chi connectivity index (χ0v) is 20.1. The molecule has 1 saturated heterocycles. The molecule has 7 heteroatoms. The quantitative estimate of drug-likeness (QED) is 0.413. The van der Waals surface area contributed by atoms with Gasteiger partial charge in [-0.2, -0.15) is 0 Å². The van der Waals surface area contributed by atoms with E-state index in [-0.39, 0.29) is 5.91 Å². The molecular weight excluding hydrogens is 444 g/mol. The van der Waals surface area contributed by atoms with Gasteiger partial charge in [-0.15, -0.1) is 0 Å². The van der Waals surface area contributed by atoms with Gasteiger partial charge in [0.1, 0.15) is 11.5 Å². The molecule has 0 unspecified atom stereocenters. The summed E-state index contributed by atoms with van der Waals surface area (Å²) in [4.78, 5) is 22.2. The van der Waals surface area contributed by atoms with Crippen LogP contribution in [0.25, 0.3) is 10.2 Å². The third-order valence-electron chi connectivity index (χ3n) is 6.06. The van der Waals surface area contributed by atoms with Gasteiger partial charge in [-0.1, -0.05) is 41.7 Å². The average molecular weight is 473 g/mol. The van der Waals surface area contributed by atoms with Crippen molar-refractivity contribution in [3.8, 4) is 11.5 Å². The molecule has 1 amide bonds. The second-order valence-corrected chi connectivity index (χ2v) is 9.45. The minimum atomic E-state index is -0.0604. The van der Waals surface area contributed by atoms with E-state index < -0.39 is 0 Å². The van der Waals surface area contributed by atoms with Crippen LogP contribution in [0.3, 0.4) is 0 Å². The summed E-state index contributed by atoms with van der Waals surface area (Å²) >= 11 is 1.77. The van der Waals surface area contributed by atoms with Gasteiger partial charge < -0.3 is 15.0 Å². The SMILES string of the molecule is Cc1cccc2sc(N3CCN(CCNC(=O)c4ccc(Oc5ccccc5)cc4)CC3)nc12. The Hall–Kier alpha value is -3.42. The summed E-state index contributed by atoms with van der Waals surface area (Å²) in [5.74, 6) is 1.43. The van der Waals surface area contributed by atoms with E-state index in [1.165, 1.54) is 10.3 Å². The molecule has 0 bridgehead atoms. The van der Waals surface area contributed by atoms with E-state index in [1.807, 2.05) is 42.5 Å². The van der Waals surface area contributed by atoms with Crippen LogP contribution < -0.4 is 15.0 Å². The average Bonchev–Trinajstić information content (AvgIpc) is 3.31. The van der Waals surface area contributed by atoms with Crippen LogP contribution in [-0.4, -0.2) is 55.1 Å². The molecule has 0 radical (unpaired) electrons. The zero-order valence-electron chi connectivity index (χ0n) is 19.2. The first-order valence-electron chi connectivity index (χ1n) is 11.6. The van der Waals surface area contributed by atoms with Crippen molar-refractivity contribution in [1.82, 2.24) is 15.2 Å². The third kappa shape index (κ3) is 5.21. The minimum absolute atomic E-state index is 0.0604. The van der Waals surface area contributed by atoms with Crippen molar-refractivity contribution in [3.05, 3.63) is 83.9 Å². The van der Waals surface area contributed by atoms with Gasteiger partial charge in [0, 0.05) is 44.8 Å². The summed E-state index contributed by atoms with van der Waals surface area (Å²) in [5, 5.41) is 4.15. The molecule has 0 atom stereocenters. The number of rotatable bonds is 7. The highest BCUT2D eigenvalue weighted by Crippen LogP contribution is 2.31. The van der Waals surface area contributed by atoms with E-state index in [1.54, 1.807) is 23.5 Å². The second-order valence-electron chi connectivity index (χ2n) is 8.44. The van der Waals surface area contributed by atoms with Gasteiger partial charge in [-0.05, 0) is 55.0 Å². The fourth-order valence-electron chi connectivity index (χ4n) is 4.10. The largest absolute Gasteiger partial charge is 0.457 e. The molecule has 1 fully saturated rings. The van der Waals surface area contributed by atoms with Gasteiger partial charge in [0.2, 0.25) is 0 Å². The number of benzene rings is 3. The van der Waals surface area contributed by atoms with Gasteiger partial charge in [0.15, 0.2) is 5.13 Å². The highest BCUT2D eigenvalue weighted by atomic mass is 32.1. The molecule has 1 N–H and O–H groups in total. The molecule has 3 aromatic carbocycles. The molecule has 6 nitrogen and oxygen atoms in total. The van der Waals surface area contributed by atoms with Crippen molar-refractivity contribution in [1.29, 1.82) is 0 Å². The number of nitrogens with one attached hydrogen (secondary N) is 1. The van der Waals surface area contributed by atoms with E-state index in [9.17, 15) is 4.79 Å². The van der Waals surface area contributed by atoms with Gasteiger partial charge in [-0.25, -0.2) is 4.98 Å². The van der Waals surface area contributed by atoms with E-state index in [4.69, 9.17) is 9.72 Å². The maximum atomic E-state index is 12.5. The van der Waals surface area contributed by atoms with Crippen molar-refractivity contribution in [2.75, 3.05) is 44.2 Å². The first-order valence-corrected chi connectivity index (χ1v) is 12.4. The predicted octanol–water partition coefficient (Wildman–Crippen LogP) is 4.95. The number of hydrogen-bond acceptors (Lipinski definition) is 6. The Morgan fingerprint density at radius 3 is 2.41 bits per heavy atom. The van der Waals surface area contributed by atoms with Gasteiger partial charge in [0.05, 0.1) is 10.2 Å². The number of para-hydroxylation sites is 2. The highest BCUT2D eigenvalue weighted by Gasteiger charge is 2.20. The normalized spacial score (nSPS) is 14.3. The Morgan fingerprint density at radius 2 is 1.68 bits per heavy atom. The van der Waals surface area contributed by atoms with E-state index in [0.717, 1.165) is 49.1 Å². The molecule has 1 aliphatic heterocycles. The van der Waals surface area contributed by atoms with Crippen LogP contribution in [-0.2, 0) is 0 Å². The number of aromatic nitrogens is 1. The first-order chi connectivity index (χ1) is 16.7. The monoisotopic (exact) mass is 472 g/mol. The molecule has 1 aromatic heterocycles. The number of fused-ring (bicyclic) bond motifs is 1. The maximum absolute atomic E-state index is 12.5. The van der Waals surface area contributed by atoms with Crippen molar-refractivity contribution in [2.24, 2.45) is 0 Å². The van der Waals surface area contributed by atoms with Crippen molar-refractivity contribution in [2.45, 2.75) is 6.92 Å². The van der Waals surface area contributed by atoms with Crippen LogP contribution in [0.5, 0.6) is 11.5 Å². The number of ether oxygens (including phenoxy) is 1. The Balaban J connectivity index is 1.06. The van der Waals surface area contributed by atoms with E-state index in [0.29, 0.717) is 17.9 Å². The Bertz CT molecular complexity index is 1250. The molecule has 0 saturated carbocycles. The van der Waals surface area contributed by atoms with Crippen molar-refractivity contribution in [3.63, 3.8) is 0 Å². The standard InChI is InChI=1S/C27H28N4O2S/c1-20-6-5-9-24-25(20)29-27(34-24)31-18-16-30(17-19-31)15-14-28-26(32)21-10-12-23(13-11-21)33-22-7-3-2-4-8-22/h2-13H,14-19H2,1H3,(H,28,32).